The number of pyridine rings is 1. The average Bonchev–Trinajstić information content (AvgIpc) is 3.12. The third kappa shape index (κ3) is 2.87. The van der Waals surface area contributed by atoms with E-state index in [4.69, 9.17) is 0 Å². The number of hydrogen-bond acceptors (Lipinski definition) is 4. The quantitative estimate of drug-likeness (QED) is 0.805. The number of H-pyrrole nitrogens is 1. The molecule has 3 heterocycles. The minimum Gasteiger partial charge on any atom is -0.341 e. The predicted octanol–water partition coefficient (Wildman–Crippen LogP) is 3.03. The molecule has 3 aromatic rings. The van der Waals surface area contributed by atoms with Crippen LogP contribution in [-0.4, -0.2) is 38.8 Å². The second-order valence-corrected chi connectivity index (χ2v) is 6.50. The van der Waals surface area contributed by atoms with Gasteiger partial charge in [-0.05, 0) is 31.4 Å². The fourth-order valence-corrected chi connectivity index (χ4v) is 3.22. The number of carbonyl (C=O) groups is 1. The van der Waals surface area contributed by atoms with E-state index < -0.39 is 0 Å². The van der Waals surface area contributed by atoms with Gasteiger partial charge in [0.15, 0.2) is 5.65 Å². The fraction of sp³-hybridized carbons (Fsp3) is 0.312. The Kier molecular flexibility index (Phi) is 3.94. The fourth-order valence-electron chi connectivity index (χ4n) is 2.40. The topological polar surface area (TPSA) is 61.9 Å². The second kappa shape index (κ2) is 5.88. The number of aryl methyl sites for hydroxylation is 1. The Morgan fingerprint density at radius 2 is 2.32 bits per heavy atom. The summed E-state index contributed by atoms with van der Waals surface area (Å²) in [6, 6.07) is 6.08. The molecule has 3 rings (SSSR count). The Morgan fingerprint density at radius 3 is 3.05 bits per heavy atom. The molecular formula is C16H18N4OS. The Labute approximate surface area is 133 Å². The number of nitrogens with zero attached hydrogens (tertiary/aromatic N) is 3. The number of imidazole rings is 1. The number of amides is 1. The maximum atomic E-state index is 12.6. The average molecular weight is 314 g/mol. The van der Waals surface area contributed by atoms with Crippen LogP contribution in [0.25, 0.3) is 11.2 Å². The van der Waals surface area contributed by atoms with Gasteiger partial charge in [-0.25, -0.2) is 9.97 Å². The molecule has 0 fully saturated rings. The highest BCUT2D eigenvalue weighted by Crippen LogP contribution is 2.16. The molecule has 1 atom stereocenters. The number of nitrogens with one attached hydrogen (secondary N) is 1. The normalized spacial score (nSPS) is 12.5. The lowest BCUT2D eigenvalue weighted by atomic mass is 10.1. The van der Waals surface area contributed by atoms with Crippen LogP contribution < -0.4 is 0 Å². The van der Waals surface area contributed by atoms with Gasteiger partial charge in [0.25, 0.3) is 5.91 Å². The van der Waals surface area contributed by atoms with Gasteiger partial charge in [0.05, 0.1) is 11.1 Å². The SMILES string of the molecule is Cc1nc2ncc(C(=O)N(C)[C@@H](C)Cc3cccs3)cc2[nH]1. The van der Waals surface area contributed by atoms with E-state index in [0.717, 1.165) is 17.8 Å². The van der Waals surface area contributed by atoms with Crippen LogP contribution in [0.4, 0.5) is 0 Å². The number of carbonyl (C=O) groups excluding carboxylic acids is 1. The first-order valence-electron chi connectivity index (χ1n) is 7.16. The first-order chi connectivity index (χ1) is 10.5. The number of fused-ring (bicyclic) bond motifs is 1. The molecule has 0 saturated carbocycles. The van der Waals surface area contributed by atoms with E-state index in [1.54, 1.807) is 22.4 Å². The first kappa shape index (κ1) is 14.7. The zero-order valence-corrected chi connectivity index (χ0v) is 13.6. The zero-order chi connectivity index (χ0) is 15.7. The van der Waals surface area contributed by atoms with Crippen LogP contribution >= 0.6 is 11.3 Å². The summed E-state index contributed by atoms with van der Waals surface area (Å²) in [4.78, 5) is 27.3. The molecule has 0 aliphatic carbocycles. The lowest BCUT2D eigenvalue weighted by Crippen LogP contribution is -2.36. The van der Waals surface area contributed by atoms with Crippen molar-refractivity contribution in [3.8, 4) is 0 Å². The maximum Gasteiger partial charge on any atom is 0.255 e. The summed E-state index contributed by atoms with van der Waals surface area (Å²) in [7, 11) is 1.84. The van der Waals surface area contributed by atoms with Crippen molar-refractivity contribution in [2.45, 2.75) is 26.3 Å². The van der Waals surface area contributed by atoms with Crippen molar-refractivity contribution in [2.24, 2.45) is 0 Å². The molecule has 0 unspecified atom stereocenters. The van der Waals surface area contributed by atoms with Gasteiger partial charge in [-0.2, -0.15) is 0 Å². The van der Waals surface area contributed by atoms with Crippen molar-refractivity contribution in [1.82, 2.24) is 19.9 Å². The Hall–Kier alpha value is -2.21. The van der Waals surface area contributed by atoms with E-state index in [2.05, 4.69) is 33.3 Å². The predicted molar refractivity (Wildman–Crippen MR) is 88.2 cm³/mol. The highest BCUT2D eigenvalue weighted by Gasteiger charge is 2.19. The van der Waals surface area contributed by atoms with E-state index in [9.17, 15) is 4.79 Å². The molecule has 114 valence electrons. The van der Waals surface area contributed by atoms with Crippen molar-refractivity contribution in [3.63, 3.8) is 0 Å². The number of rotatable bonds is 4. The number of aromatic amines is 1. The number of thiophene rings is 1. The van der Waals surface area contributed by atoms with Crippen LogP contribution in [0, 0.1) is 6.92 Å². The smallest absolute Gasteiger partial charge is 0.255 e. The zero-order valence-electron chi connectivity index (χ0n) is 12.8. The summed E-state index contributed by atoms with van der Waals surface area (Å²) < 4.78 is 0. The van der Waals surface area contributed by atoms with Crippen molar-refractivity contribution >= 4 is 28.4 Å². The molecule has 6 heteroatoms. The van der Waals surface area contributed by atoms with Crippen LogP contribution in [0.3, 0.4) is 0 Å². The summed E-state index contributed by atoms with van der Waals surface area (Å²) in [5, 5.41) is 2.06. The number of hydrogen-bond donors (Lipinski definition) is 1. The molecule has 1 N–H and O–H groups in total. The molecule has 0 radical (unpaired) electrons. The number of likely N-dealkylation sites (N-methyl/N-ethyl adjacent to an activating group) is 1. The number of aromatic nitrogens is 3. The maximum absolute atomic E-state index is 12.6. The highest BCUT2D eigenvalue weighted by atomic mass is 32.1. The lowest BCUT2D eigenvalue weighted by molar-refractivity contribution is 0.0743. The van der Waals surface area contributed by atoms with E-state index in [0.29, 0.717) is 11.2 Å². The molecule has 0 spiro atoms. The highest BCUT2D eigenvalue weighted by molar-refractivity contribution is 7.09. The lowest BCUT2D eigenvalue weighted by Gasteiger charge is -2.24. The van der Waals surface area contributed by atoms with Crippen LogP contribution in [0.5, 0.6) is 0 Å². The third-order valence-electron chi connectivity index (χ3n) is 3.76. The van der Waals surface area contributed by atoms with Crippen LogP contribution in [0.2, 0.25) is 0 Å². The molecule has 0 aliphatic heterocycles. The second-order valence-electron chi connectivity index (χ2n) is 5.47. The van der Waals surface area contributed by atoms with Gasteiger partial charge in [-0.1, -0.05) is 6.07 Å². The van der Waals surface area contributed by atoms with E-state index in [1.807, 2.05) is 26.1 Å². The summed E-state index contributed by atoms with van der Waals surface area (Å²) in [5.74, 6) is 0.775. The first-order valence-corrected chi connectivity index (χ1v) is 8.04. The molecule has 0 saturated heterocycles. The Balaban J connectivity index is 1.78. The van der Waals surface area contributed by atoms with Gasteiger partial charge >= 0.3 is 0 Å². The molecule has 5 nitrogen and oxygen atoms in total. The third-order valence-corrected chi connectivity index (χ3v) is 4.66. The van der Waals surface area contributed by atoms with Crippen LogP contribution in [-0.2, 0) is 6.42 Å². The van der Waals surface area contributed by atoms with Crippen molar-refractivity contribution in [2.75, 3.05) is 7.05 Å². The molecule has 0 aromatic carbocycles. The summed E-state index contributed by atoms with van der Waals surface area (Å²) in [6.45, 7) is 3.93. The molecule has 0 aliphatic rings. The van der Waals surface area contributed by atoms with E-state index >= 15 is 0 Å². The largest absolute Gasteiger partial charge is 0.341 e. The minimum atomic E-state index is -0.0225. The van der Waals surface area contributed by atoms with Gasteiger partial charge in [0, 0.05) is 30.6 Å². The summed E-state index contributed by atoms with van der Waals surface area (Å²) >= 11 is 1.72. The summed E-state index contributed by atoms with van der Waals surface area (Å²) in [6.07, 6.45) is 2.46. The van der Waals surface area contributed by atoms with E-state index in [-0.39, 0.29) is 11.9 Å². The molecule has 1 amide bonds. The standard InChI is InChI=1S/C16H18N4OS/c1-10(7-13-5-4-6-22-13)20(3)16(21)12-8-14-15(17-9-12)19-11(2)18-14/h4-6,8-10H,7H2,1-3H3,(H,17,18,19)/t10-/m0/s1. The Bertz CT molecular complexity index is 794. The summed E-state index contributed by atoms with van der Waals surface area (Å²) in [5.41, 5.74) is 2.02. The molecule has 0 bridgehead atoms. The Morgan fingerprint density at radius 1 is 1.50 bits per heavy atom. The monoisotopic (exact) mass is 314 g/mol. The van der Waals surface area contributed by atoms with Crippen LogP contribution in [0.1, 0.15) is 28.0 Å². The minimum absolute atomic E-state index is 0.0225. The van der Waals surface area contributed by atoms with Gasteiger partial charge in [-0.15, -0.1) is 11.3 Å². The van der Waals surface area contributed by atoms with Crippen LogP contribution in [0.15, 0.2) is 29.8 Å². The molecular weight excluding hydrogens is 296 g/mol. The van der Waals surface area contributed by atoms with Crippen molar-refractivity contribution < 1.29 is 4.79 Å². The van der Waals surface area contributed by atoms with Gasteiger partial charge in [0.2, 0.25) is 0 Å². The van der Waals surface area contributed by atoms with Crippen molar-refractivity contribution in [3.05, 3.63) is 46.0 Å². The molecule has 22 heavy (non-hydrogen) atoms. The van der Waals surface area contributed by atoms with Gasteiger partial charge < -0.3 is 9.88 Å². The van der Waals surface area contributed by atoms with Gasteiger partial charge in [0.1, 0.15) is 5.82 Å². The van der Waals surface area contributed by atoms with E-state index in [1.165, 1.54) is 4.88 Å². The van der Waals surface area contributed by atoms with Gasteiger partial charge in [-0.3, -0.25) is 4.79 Å². The molecule has 3 aromatic heterocycles. The van der Waals surface area contributed by atoms with Crippen molar-refractivity contribution in [1.29, 1.82) is 0 Å².